The quantitative estimate of drug-likeness (QED) is 0.855. The number of nitrogens with zero attached hydrogens (tertiary/aromatic N) is 1. The Hall–Kier alpha value is -2.34. The van der Waals surface area contributed by atoms with Crippen LogP contribution in [0.4, 0.5) is 10.2 Å². The van der Waals surface area contributed by atoms with Gasteiger partial charge in [-0.25, -0.2) is 9.18 Å². The zero-order valence-corrected chi connectivity index (χ0v) is 12.8. The predicted octanol–water partition coefficient (Wildman–Crippen LogP) is 3.28. The first kappa shape index (κ1) is 16.0. The highest BCUT2D eigenvalue weighted by Crippen LogP contribution is 2.20. The number of nitrogens with one attached hydrogen (secondary N) is 1. The third-order valence-electron chi connectivity index (χ3n) is 2.93. The average Bonchev–Trinajstić information content (AvgIpc) is 2.53. The molecule has 0 bridgehead atoms. The standard InChI is InChI=1S/C15H14ClFN2O3/c1-21-14-11(15(20)22-2)5-6-13(19-14)18-8-9-3-4-10(16)7-12(9)17/h3-7H,8H2,1-2H3,(H,18,19). The van der Waals surface area contributed by atoms with Gasteiger partial charge in [0, 0.05) is 17.1 Å². The van der Waals surface area contributed by atoms with Crippen molar-refractivity contribution < 1.29 is 18.7 Å². The zero-order chi connectivity index (χ0) is 16.1. The van der Waals surface area contributed by atoms with Gasteiger partial charge in [-0.15, -0.1) is 0 Å². The number of carbonyl (C=O) groups is 1. The number of methoxy groups -OCH3 is 2. The van der Waals surface area contributed by atoms with Crippen molar-refractivity contribution in [2.75, 3.05) is 19.5 Å². The first-order valence-corrected chi connectivity index (χ1v) is 6.74. The van der Waals surface area contributed by atoms with Crippen LogP contribution in [0.15, 0.2) is 30.3 Å². The predicted molar refractivity (Wildman–Crippen MR) is 80.9 cm³/mol. The van der Waals surface area contributed by atoms with Gasteiger partial charge in [0.2, 0.25) is 5.88 Å². The Morgan fingerprint density at radius 2 is 2.09 bits per heavy atom. The van der Waals surface area contributed by atoms with E-state index >= 15 is 0 Å². The van der Waals surface area contributed by atoms with Crippen LogP contribution in [-0.2, 0) is 11.3 Å². The fraction of sp³-hybridized carbons (Fsp3) is 0.200. The van der Waals surface area contributed by atoms with Crippen molar-refractivity contribution in [1.29, 1.82) is 0 Å². The van der Waals surface area contributed by atoms with Crippen molar-refractivity contribution in [2.45, 2.75) is 6.54 Å². The second-order valence-corrected chi connectivity index (χ2v) is 4.77. The van der Waals surface area contributed by atoms with E-state index in [1.807, 2.05) is 0 Å². The summed E-state index contributed by atoms with van der Waals surface area (Å²) in [5.74, 6) is -0.370. The fourth-order valence-corrected chi connectivity index (χ4v) is 1.97. The molecule has 0 aliphatic carbocycles. The lowest BCUT2D eigenvalue weighted by Crippen LogP contribution is -2.08. The van der Waals surface area contributed by atoms with E-state index in [1.165, 1.54) is 26.4 Å². The molecule has 1 aromatic carbocycles. The summed E-state index contributed by atoms with van der Waals surface area (Å²) in [7, 11) is 2.68. The summed E-state index contributed by atoms with van der Waals surface area (Å²) in [4.78, 5) is 15.7. The van der Waals surface area contributed by atoms with Crippen LogP contribution in [0.1, 0.15) is 15.9 Å². The average molecular weight is 325 g/mol. The van der Waals surface area contributed by atoms with Crippen molar-refractivity contribution >= 4 is 23.4 Å². The zero-order valence-electron chi connectivity index (χ0n) is 12.0. The van der Waals surface area contributed by atoms with Crippen LogP contribution in [-0.4, -0.2) is 25.2 Å². The van der Waals surface area contributed by atoms with E-state index < -0.39 is 11.8 Å². The van der Waals surface area contributed by atoms with E-state index in [4.69, 9.17) is 16.3 Å². The van der Waals surface area contributed by atoms with E-state index in [0.29, 0.717) is 16.4 Å². The molecule has 22 heavy (non-hydrogen) atoms. The smallest absolute Gasteiger partial charge is 0.343 e. The van der Waals surface area contributed by atoms with Crippen LogP contribution in [0.25, 0.3) is 0 Å². The number of ether oxygens (including phenoxy) is 2. The van der Waals surface area contributed by atoms with Crippen molar-refractivity contribution in [2.24, 2.45) is 0 Å². The molecular formula is C15H14ClFN2O3. The third kappa shape index (κ3) is 3.65. The minimum Gasteiger partial charge on any atom is -0.480 e. The number of carbonyl (C=O) groups excluding carboxylic acids is 1. The number of esters is 1. The minimum absolute atomic E-state index is 0.133. The summed E-state index contributed by atoms with van der Waals surface area (Å²) in [6.07, 6.45) is 0. The van der Waals surface area contributed by atoms with Crippen LogP contribution in [0.3, 0.4) is 0 Å². The molecule has 0 aliphatic rings. The van der Waals surface area contributed by atoms with Crippen LogP contribution in [0.2, 0.25) is 5.02 Å². The second kappa shape index (κ2) is 7.09. The first-order valence-electron chi connectivity index (χ1n) is 6.36. The molecule has 5 nitrogen and oxygen atoms in total. The van der Waals surface area contributed by atoms with Gasteiger partial charge in [-0.05, 0) is 24.3 Å². The molecule has 0 radical (unpaired) electrons. The number of hydrogen-bond acceptors (Lipinski definition) is 5. The SMILES string of the molecule is COC(=O)c1ccc(NCc2ccc(Cl)cc2F)nc1OC. The number of anilines is 1. The molecular weight excluding hydrogens is 311 g/mol. The van der Waals surface area contributed by atoms with Gasteiger partial charge < -0.3 is 14.8 Å². The highest BCUT2D eigenvalue weighted by atomic mass is 35.5. The molecule has 1 heterocycles. The van der Waals surface area contributed by atoms with Crippen LogP contribution < -0.4 is 10.1 Å². The van der Waals surface area contributed by atoms with Gasteiger partial charge in [-0.3, -0.25) is 0 Å². The number of halogens is 2. The van der Waals surface area contributed by atoms with Gasteiger partial charge in [-0.1, -0.05) is 17.7 Å². The lowest BCUT2D eigenvalue weighted by Gasteiger charge is -2.10. The van der Waals surface area contributed by atoms with Crippen molar-refractivity contribution in [3.63, 3.8) is 0 Å². The maximum atomic E-state index is 13.7. The molecule has 0 atom stereocenters. The lowest BCUT2D eigenvalue weighted by molar-refractivity contribution is 0.0596. The molecule has 1 N–H and O–H groups in total. The molecule has 0 unspecified atom stereocenters. The van der Waals surface area contributed by atoms with Crippen molar-refractivity contribution in [1.82, 2.24) is 4.98 Å². The summed E-state index contributed by atoms with van der Waals surface area (Å²) in [6.45, 7) is 0.219. The first-order chi connectivity index (χ1) is 10.5. The summed E-state index contributed by atoms with van der Waals surface area (Å²) in [5, 5.41) is 3.29. The highest BCUT2D eigenvalue weighted by molar-refractivity contribution is 6.30. The van der Waals surface area contributed by atoms with Crippen molar-refractivity contribution in [3.05, 3.63) is 52.3 Å². The van der Waals surface area contributed by atoms with Crippen LogP contribution in [0, 0.1) is 5.82 Å². The number of benzene rings is 1. The largest absolute Gasteiger partial charge is 0.480 e. The number of aromatic nitrogens is 1. The molecule has 2 aromatic rings. The Bertz CT molecular complexity index is 694. The molecule has 1 aromatic heterocycles. The maximum absolute atomic E-state index is 13.7. The van der Waals surface area contributed by atoms with Crippen molar-refractivity contribution in [3.8, 4) is 5.88 Å². The van der Waals surface area contributed by atoms with E-state index in [2.05, 4.69) is 15.0 Å². The van der Waals surface area contributed by atoms with Gasteiger partial charge in [0.05, 0.1) is 14.2 Å². The Morgan fingerprint density at radius 3 is 2.73 bits per heavy atom. The molecule has 7 heteroatoms. The van der Waals surface area contributed by atoms with Gasteiger partial charge in [0.1, 0.15) is 17.2 Å². The topological polar surface area (TPSA) is 60.5 Å². The molecule has 0 saturated carbocycles. The maximum Gasteiger partial charge on any atom is 0.343 e. The Kier molecular flexibility index (Phi) is 5.16. The number of rotatable bonds is 5. The third-order valence-corrected chi connectivity index (χ3v) is 3.17. The van der Waals surface area contributed by atoms with Crippen LogP contribution in [0.5, 0.6) is 5.88 Å². The van der Waals surface area contributed by atoms with E-state index in [-0.39, 0.29) is 18.0 Å². The van der Waals surface area contributed by atoms with Gasteiger partial charge >= 0.3 is 5.97 Å². The van der Waals surface area contributed by atoms with E-state index in [1.54, 1.807) is 18.2 Å². The summed E-state index contributed by atoms with van der Waals surface area (Å²) < 4.78 is 23.4. The Labute approximate surface area is 132 Å². The van der Waals surface area contributed by atoms with E-state index in [0.717, 1.165) is 0 Å². The Balaban J connectivity index is 2.15. The molecule has 0 amide bonds. The summed E-state index contributed by atoms with van der Waals surface area (Å²) in [5.41, 5.74) is 0.662. The normalized spacial score (nSPS) is 10.2. The fourth-order valence-electron chi connectivity index (χ4n) is 1.81. The molecule has 0 fully saturated rings. The van der Waals surface area contributed by atoms with Crippen LogP contribution >= 0.6 is 11.6 Å². The van der Waals surface area contributed by atoms with Gasteiger partial charge in [-0.2, -0.15) is 4.98 Å². The molecule has 116 valence electrons. The minimum atomic E-state index is -0.542. The molecule has 0 spiro atoms. The molecule has 0 aliphatic heterocycles. The summed E-state index contributed by atoms with van der Waals surface area (Å²) in [6, 6.07) is 7.55. The number of pyridine rings is 1. The van der Waals surface area contributed by atoms with Gasteiger partial charge in [0.25, 0.3) is 0 Å². The monoisotopic (exact) mass is 324 g/mol. The van der Waals surface area contributed by atoms with E-state index in [9.17, 15) is 9.18 Å². The lowest BCUT2D eigenvalue weighted by atomic mass is 10.2. The highest BCUT2D eigenvalue weighted by Gasteiger charge is 2.14. The molecule has 2 rings (SSSR count). The van der Waals surface area contributed by atoms with Gasteiger partial charge in [0.15, 0.2) is 0 Å². The summed E-state index contributed by atoms with van der Waals surface area (Å²) >= 11 is 5.70. The number of hydrogen-bond donors (Lipinski definition) is 1. The second-order valence-electron chi connectivity index (χ2n) is 4.33. The molecule has 0 saturated heterocycles. The Morgan fingerprint density at radius 1 is 1.32 bits per heavy atom.